The average molecular weight is 394 g/mol. The highest BCUT2D eigenvalue weighted by Crippen LogP contribution is 2.21. The van der Waals surface area contributed by atoms with E-state index in [4.69, 9.17) is 0 Å². The quantitative estimate of drug-likeness (QED) is 0.719. The molecule has 0 bridgehead atoms. The number of sulfonamides is 1. The van der Waals surface area contributed by atoms with E-state index < -0.39 is 10.0 Å². The van der Waals surface area contributed by atoms with Gasteiger partial charge in [-0.15, -0.1) is 0 Å². The van der Waals surface area contributed by atoms with E-state index in [1.807, 2.05) is 11.6 Å². The van der Waals surface area contributed by atoms with Crippen LogP contribution in [0.2, 0.25) is 0 Å². The van der Waals surface area contributed by atoms with Crippen LogP contribution in [0.5, 0.6) is 0 Å². The van der Waals surface area contributed by atoms with Crippen LogP contribution in [0.1, 0.15) is 25.1 Å². The summed E-state index contributed by atoms with van der Waals surface area (Å²) in [5.74, 6) is 0.769. The van der Waals surface area contributed by atoms with Gasteiger partial charge in [-0.1, -0.05) is 0 Å². The zero-order valence-corrected chi connectivity index (χ0v) is 16.8. The SMILES string of the molecule is CN(C)S(=O)(=O)c1ccc2c(c1)nc(CCC(=O)NCC1CCCN1)n2C. The van der Waals surface area contributed by atoms with E-state index >= 15 is 0 Å². The zero-order valence-electron chi connectivity index (χ0n) is 16.0. The Kier molecular flexibility index (Phi) is 5.83. The molecule has 8 nitrogen and oxygen atoms in total. The molecule has 1 fully saturated rings. The molecular weight excluding hydrogens is 366 g/mol. The fourth-order valence-electron chi connectivity index (χ4n) is 3.31. The minimum absolute atomic E-state index is 0.00614. The lowest BCUT2D eigenvalue weighted by molar-refractivity contribution is -0.121. The van der Waals surface area contributed by atoms with Gasteiger partial charge in [-0.2, -0.15) is 0 Å². The van der Waals surface area contributed by atoms with Gasteiger partial charge in [-0.05, 0) is 37.6 Å². The zero-order chi connectivity index (χ0) is 19.6. The first kappa shape index (κ1) is 19.8. The molecule has 2 aromatic rings. The molecule has 0 radical (unpaired) electrons. The molecule has 1 saturated heterocycles. The lowest BCUT2D eigenvalue weighted by atomic mass is 10.2. The van der Waals surface area contributed by atoms with Gasteiger partial charge in [0.05, 0.1) is 15.9 Å². The number of rotatable bonds is 7. The minimum atomic E-state index is -3.50. The smallest absolute Gasteiger partial charge is 0.242 e. The van der Waals surface area contributed by atoms with Crippen LogP contribution in [0.15, 0.2) is 23.1 Å². The second-order valence-electron chi connectivity index (χ2n) is 7.12. The monoisotopic (exact) mass is 393 g/mol. The number of hydrogen-bond donors (Lipinski definition) is 2. The van der Waals surface area contributed by atoms with Crippen LogP contribution in [0.4, 0.5) is 0 Å². The Morgan fingerprint density at radius 1 is 1.41 bits per heavy atom. The molecule has 1 aliphatic heterocycles. The highest BCUT2D eigenvalue weighted by atomic mass is 32.2. The maximum atomic E-state index is 12.3. The Balaban J connectivity index is 1.68. The number of benzene rings is 1. The van der Waals surface area contributed by atoms with Crippen molar-refractivity contribution in [1.82, 2.24) is 24.5 Å². The number of imidazole rings is 1. The summed E-state index contributed by atoms with van der Waals surface area (Å²) >= 11 is 0. The number of hydrogen-bond acceptors (Lipinski definition) is 5. The number of aryl methyl sites for hydroxylation is 2. The van der Waals surface area contributed by atoms with Gasteiger partial charge in [0.25, 0.3) is 0 Å². The maximum absolute atomic E-state index is 12.3. The number of aromatic nitrogens is 2. The van der Waals surface area contributed by atoms with E-state index in [9.17, 15) is 13.2 Å². The van der Waals surface area contributed by atoms with Crippen molar-refractivity contribution < 1.29 is 13.2 Å². The average Bonchev–Trinajstić information content (AvgIpc) is 3.26. The molecular formula is C18H27N5O3S. The molecule has 0 aliphatic carbocycles. The molecule has 148 valence electrons. The summed E-state index contributed by atoms with van der Waals surface area (Å²) in [6.45, 7) is 1.68. The van der Waals surface area contributed by atoms with Gasteiger partial charge >= 0.3 is 0 Å². The number of nitrogens with zero attached hydrogens (tertiary/aromatic N) is 3. The summed E-state index contributed by atoms with van der Waals surface area (Å²) in [7, 11) is 1.39. The first-order valence-electron chi connectivity index (χ1n) is 9.17. The fourth-order valence-corrected chi connectivity index (χ4v) is 4.23. The van der Waals surface area contributed by atoms with E-state index in [1.165, 1.54) is 18.4 Å². The van der Waals surface area contributed by atoms with Crippen LogP contribution in [-0.4, -0.2) is 61.4 Å². The van der Waals surface area contributed by atoms with Crippen molar-refractivity contribution in [3.63, 3.8) is 0 Å². The Hall–Kier alpha value is -1.97. The van der Waals surface area contributed by atoms with E-state index in [-0.39, 0.29) is 10.8 Å². The van der Waals surface area contributed by atoms with Crippen LogP contribution in [0, 0.1) is 0 Å². The third-order valence-electron chi connectivity index (χ3n) is 5.01. The van der Waals surface area contributed by atoms with Crippen molar-refractivity contribution in [2.24, 2.45) is 7.05 Å². The van der Waals surface area contributed by atoms with Crippen molar-refractivity contribution in [1.29, 1.82) is 0 Å². The van der Waals surface area contributed by atoms with Crippen molar-refractivity contribution in [3.05, 3.63) is 24.0 Å². The Morgan fingerprint density at radius 2 is 2.19 bits per heavy atom. The van der Waals surface area contributed by atoms with Crippen LogP contribution in [0.3, 0.4) is 0 Å². The molecule has 1 unspecified atom stereocenters. The van der Waals surface area contributed by atoms with Gasteiger partial charge in [0.2, 0.25) is 15.9 Å². The van der Waals surface area contributed by atoms with Gasteiger partial charge in [-0.25, -0.2) is 17.7 Å². The van der Waals surface area contributed by atoms with Gasteiger partial charge in [0, 0.05) is 46.6 Å². The second kappa shape index (κ2) is 7.95. The predicted octanol–water partition coefficient (Wildman–Crippen LogP) is 0.624. The first-order valence-corrected chi connectivity index (χ1v) is 10.6. The summed E-state index contributed by atoms with van der Waals surface area (Å²) in [6.07, 6.45) is 3.12. The number of fused-ring (bicyclic) bond motifs is 1. The summed E-state index contributed by atoms with van der Waals surface area (Å²) in [5.41, 5.74) is 1.46. The van der Waals surface area contributed by atoms with Crippen LogP contribution in [-0.2, 0) is 28.3 Å². The molecule has 1 amide bonds. The maximum Gasteiger partial charge on any atom is 0.242 e. The van der Waals surface area contributed by atoms with Gasteiger partial charge in [0.1, 0.15) is 5.82 Å². The topological polar surface area (TPSA) is 96.3 Å². The lowest BCUT2D eigenvalue weighted by Crippen LogP contribution is -2.37. The molecule has 0 spiro atoms. The predicted molar refractivity (Wildman–Crippen MR) is 104 cm³/mol. The molecule has 2 heterocycles. The third kappa shape index (κ3) is 4.31. The van der Waals surface area contributed by atoms with E-state index in [0.717, 1.165) is 30.7 Å². The standard InChI is InChI=1S/C18H27N5O3S/c1-22(2)27(25,26)14-6-7-16-15(11-14)21-17(23(16)3)8-9-18(24)20-12-13-5-4-10-19-13/h6-7,11,13,19H,4-5,8-10,12H2,1-3H3,(H,20,24). The van der Waals surface area contributed by atoms with Crippen molar-refractivity contribution in [2.45, 2.75) is 36.6 Å². The second-order valence-corrected chi connectivity index (χ2v) is 9.27. The molecule has 1 aromatic carbocycles. The molecule has 1 aromatic heterocycles. The highest BCUT2D eigenvalue weighted by molar-refractivity contribution is 7.89. The Labute approximate surface area is 160 Å². The Morgan fingerprint density at radius 3 is 2.85 bits per heavy atom. The lowest BCUT2D eigenvalue weighted by Gasteiger charge is -2.11. The summed E-state index contributed by atoms with van der Waals surface area (Å²) in [5, 5.41) is 6.32. The van der Waals surface area contributed by atoms with Crippen LogP contribution >= 0.6 is 0 Å². The van der Waals surface area contributed by atoms with Crippen LogP contribution < -0.4 is 10.6 Å². The molecule has 3 rings (SSSR count). The van der Waals surface area contributed by atoms with Gasteiger partial charge in [0.15, 0.2) is 0 Å². The van der Waals surface area contributed by atoms with Gasteiger partial charge < -0.3 is 15.2 Å². The normalized spacial score (nSPS) is 17.7. The summed E-state index contributed by atoms with van der Waals surface area (Å²) in [4.78, 5) is 16.9. The van der Waals surface area contributed by atoms with Crippen molar-refractivity contribution in [2.75, 3.05) is 27.2 Å². The van der Waals surface area contributed by atoms with Gasteiger partial charge in [-0.3, -0.25) is 4.79 Å². The first-order chi connectivity index (χ1) is 12.8. The molecule has 27 heavy (non-hydrogen) atoms. The van der Waals surface area contributed by atoms with Crippen LogP contribution in [0.25, 0.3) is 11.0 Å². The minimum Gasteiger partial charge on any atom is -0.355 e. The largest absolute Gasteiger partial charge is 0.355 e. The van der Waals surface area contributed by atoms with E-state index in [1.54, 1.807) is 18.2 Å². The summed E-state index contributed by atoms with van der Waals surface area (Å²) < 4.78 is 27.7. The molecule has 9 heteroatoms. The number of nitrogens with one attached hydrogen (secondary N) is 2. The Bertz CT molecular complexity index is 930. The number of carbonyl (C=O) groups excluding carboxylic acids is 1. The van der Waals surface area contributed by atoms with Crippen molar-refractivity contribution >= 4 is 27.0 Å². The molecule has 2 N–H and O–H groups in total. The summed E-state index contributed by atoms with van der Waals surface area (Å²) in [6, 6.07) is 5.31. The van der Waals surface area contributed by atoms with E-state index in [0.29, 0.717) is 30.9 Å². The third-order valence-corrected chi connectivity index (χ3v) is 6.82. The molecule has 1 atom stereocenters. The molecule has 0 saturated carbocycles. The van der Waals surface area contributed by atoms with Crippen molar-refractivity contribution in [3.8, 4) is 0 Å². The molecule has 1 aliphatic rings. The number of carbonyl (C=O) groups is 1. The fraction of sp³-hybridized carbons (Fsp3) is 0.556. The highest BCUT2D eigenvalue weighted by Gasteiger charge is 2.19. The number of amides is 1. The van der Waals surface area contributed by atoms with E-state index in [2.05, 4.69) is 15.6 Å².